The zero-order chi connectivity index (χ0) is 13.2. The maximum Gasteiger partial charge on any atom is 0.126 e. The van der Waals surface area contributed by atoms with Crippen molar-refractivity contribution in [1.29, 1.82) is 0 Å². The fourth-order valence-corrected chi connectivity index (χ4v) is 2.68. The van der Waals surface area contributed by atoms with Crippen LogP contribution in [0.5, 0.6) is 0 Å². The molecule has 1 aliphatic carbocycles. The van der Waals surface area contributed by atoms with Crippen LogP contribution in [0.1, 0.15) is 43.7 Å². The molecule has 0 spiro atoms. The molecule has 0 aliphatic heterocycles. The van der Waals surface area contributed by atoms with Crippen LogP contribution >= 0.6 is 0 Å². The van der Waals surface area contributed by atoms with Gasteiger partial charge in [-0.1, -0.05) is 25.0 Å². The fourth-order valence-electron chi connectivity index (χ4n) is 2.68. The van der Waals surface area contributed by atoms with Gasteiger partial charge in [-0.05, 0) is 43.9 Å². The summed E-state index contributed by atoms with van der Waals surface area (Å²) in [7, 11) is 0. The smallest absolute Gasteiger partial charge is 0.126 e. The molecule has 2 nitrogen and oxygen atoms in total. The first-order chi connectivity index (χ1) is 8.55. The summed E-state index contributed by atoms with van der Waals surface area (Å²) in [5.74, 6) is -0.208. The molecule has 0 heterocycles. The second-order valence-electron chi connectivity index (χ2n) is 5.58. The largest absolute Gasteiger partial charge is 0.394 e. The predicted molar refractivity (Wildman–Crippen MR) is 71.0 cm³/mol. The second-order valence-corrected chi connectivity index (χ2v) is 5.58. The molecule has 1 fully saturated rings. The molecule has 2 N–H and O–H groups in total. The topological polar surface area (TPSA) is 32.3 Å². The molecular weight excluding hydrogens is 229 g/mol. The number of rotatable bonds is 4. The van der Waals surface area contributed by atoms with Crippen molar-refractivity contribution in [3.8, 4) is 0 Å². The number of nitrogens with one attached hydrogen (secondary N) is 1. The van der Waals surface area contributed by atoms with Gasteiger partial charge in [0.25, 0.3) is 0 Å². The number of halogens is 1. The Hall–Kier alpha value is -0.930. The number of benzene rings is 1. The van der Waals surface area contributed by atoms with Crippen molar-refractivity contribution in [1.82, 2.24) is 5.32 Å². The van der Waals surface area contributed by atoms with Crippen LogP contribution in [0.3, 0.4) is 0 Å². The monoisotopic (exact) mass is 251 g/mol. The van der Waals surface area contributed by atoms with E-state index >= 15 is 0 Å². The van der Waals surface area contributed by atoms with Crippen molar-refractivity contribution in [2.45, 2.75) is 51.1 Å². The van der Waals surface area contributed by atoms with Crippen molar-refractivity contribution < 1.29 is 9.50 Å². The van der Waals surface area contributed by atoms with Gasteiger partial charge in [0.15, 0.2) is 0 Å². The minimum atomic E-state index is -0.552. The SMILES string of the molecule is Cc1ccc(C(C)(CO)NC2CCCC2)cc1F. The van der Waals surface area contributed by atoms with Crippen LogP contribution < -0.4 is 5.32 Å². The van der Waals surface area contributed by atoms with Crippen molar-refractivity contribution in [3.63, 3.8) is 0 Å². The van der Waals surface area contributed by atoms with E-state index in [0.717, 1.165) is 18.4 Å². The van der Waals surface area contributed by atoms with Gasteiger partial charge in [0, 0.05) is 6.04 Å². The molecule has 1 aromatic carbocycles. The van der Waals surface area contributed by atoms with Gasteiger partial charge in [0.05, 0.1) is 12.1 Å². The molecule has 0 radical (unpaired) electrons. The highest BCUT2D eigenvalue weighted by molar-refractivity contribution is 5.29. The Bertz CT molecular complexity index is 415. The van der Waals surface area contributed by atoms with Crippen molar-refractivity contribution >= 4 is 0 Å². The first-order valence-corrected chi connectivity index (χ1v) is 6.70. The van der Waals surface area contributed by atoms with E-state index in [-0.39, 0.29) is 12.4 Å². The Balaban J connectivity index is 2.21. The summed E-state index contributed by atoms with van der Waals surface area (Å²) in [6.45, 7) is 3.67. The molecule has 1 aromatic rings. The highest BCUT2D eigenvalue weighted by Gasteiger charge is 2.30. The van der Waals surface area contributed by atoms with Crippen LogP contribution in [-0.4, -0.2) is 17.8 Å². The van der Waals surface area contributed by atoms with Crippen LogP contribution in [-0.2, 0) is 5.54 Å². The fraction of sp³-hybridized carbons (Fsp3) is 0.600. The molecule has 18 heavy (non-hydrogen) atoms. The van der Waals surface area contributed by atoms with E-state index in [1.54, 1.807) is 13.0 Å². The van der Waals surface area contributed by atoms with Gasteiger partial charge < -0.3 is 10.4 Å². The van der Waals surface area contributed by atoms with E-state index in [1.165, 1.54) is 18.9 Å². The molecule has 0 aromatic heterocycles. The molecule has 100 valence electrons. The Morgan fingerprint density at radius 2 is 2.06 bits per heavy atom. The Labute approximate surface area is 108 Å². The van der Waals surface area contributed by atoms with Crippen LogP contribution in [0, 0.1) is 12.7 Å². The number of aliphatic hydroxyl groups is 1. The van der Waals surface area contributed by atoms with Gasteiger partial charge in [-0.25, -0.2) is 4.39 Å². The molecule has 2 rings (SSSR count). The summed E-state index contributed by atoms with van der Waals surface area (Å²) in [6, 6.07) is 5.64. The van der Waals surface area contributed by atoms with Crippen LogP contribution in [0.4, 0.5) is 4.39 Å². The average Bonchev–Trinajstić information content (AvgIpc) is 2.85. The lowest BCUT2D eigenvalue weighted by Crippen LogP contribution is -2.47. The van der Waals surface area contributed by atoms with E-state index in [0.29, 0.717) is 11.6 Å². The van der Waals surface area contributed by atoms with E-state index in [9.17, 15) is 9.50 Å². The van der Waals surface area contributed by atoms with E-state index in [1.807, 2.05) is 13.0 Å². The van der Waals surface area contributed by atoms with Gasteiger partial charge in [-0.3, -0.25) is 0 Å². The lowest BCUT2D eigenvalue weighted by Gasteiger charge is -2.33. The number of hydrogen-bond acceptors (Lipinski definition) is 2. The molecule has 1 saturated carbocycles. The summed E-state index contributed by atoms with van der Waals surface area (Å²) >= 11 is 0. The van der Waals surface area contributed by atoms with Gasteiger partial charge in [0.1, 0.15) is 5.82 Å². The first-order valence-electron chi connectivity index (χ1n) is 6.70. The summed E-state index contributed by atoms with van der Waals surface area (Å²) in [6.07, 6.45) is 4.76. The number of aliphatic hydroxyl groups excluding tert-OH is 1. The third-order valence-corrected chi connectivity index (χ3v) is 4.00. The van der Waals surface area contributed by atoms with Crippen molar-refractivity contribution in [2.24, 2.45) is 0 Å². The zero-order valence-electron chi connectivity index (χ0n) is 11.2. The first kappa shape index (κ1) is 13.5. The Kier molecular flexibility index (Phi) is 4.03. The predicted octanol–water partition coefficient (Wildman–Crippen LogP) is 2.87. The van der Waals surface area contributed by atoms with Gasteiger partial charge in [-0.15, -0.1) is 0 Å². The molecular formula is C15H22FNO. The quantitative estimate of drug-likeness (QED) is 0.862. The molecule has 1 aliphatic rings. The summed E-state index contributed by atoms with van der Waals surface area (Å²) in [5, 5.41) is 13.2. The third-order valence-electron chi connectivity index (χ3n) is 4.00. The second kappa shape index (κ2) is 5.37. The molecule has 0 saturated heterocycles. The van der Waals surface area contributed by atoms with Crippen molar-refractivity contribution in [2.75, 3.05) is 6.61 Å². The maximum absolute atomic E-state index is 13.7. The molecule has 1 unspecified atom stereocenters. The van der Waals surface area contributed by atoms with Crippen molar-refractivity contribution in [3.05, 3.63) is 35.1 Å². The molecule has 1 atom stereocenters. The lowest BCUT2D eigenvalue weighted by molar-refractivity contribution is 0.161. The summed E-state index contributed by atoms with van der Waals surface area (Å²) in [4.78, 5) is 0. The lowest BCUT2D eigenvalue weighted by atomic mass is 9.90. The highest BCUT2D eigenvalue weighted by Crippen LogP contribution is 2.27. The maximum atomic E-state index is 13.7. The van der Waals surface area contributed by atoms with Gasteiger partial charge in [-0.2, -0.15) is 0 Å². The Morgan fingerprint density at radius 1 is 1.39 bits per heavy atom. The van der Waals surface area contributed by atoms with Gasteiger partial charge >= 0.3 is 0 Å². The van der Waals surface area contributed by atoms with Crippen LogP contribution in [0.2, 0.25) is 0 Å². The average molecular weight is 251 g/mol. The van der Waals surface area contributed by atoms with E-state index in [4.69, 9.17) is 0 Å². The zero-order valence-corrected chi connectivity index (χ0v) is 11.2. The standard InChI is InChI=1S/C15H22FNO/c1-11-7-8-12(9-14(11)16)15(2,10-18)17-13-5-3-4-6-13/h7-9,13,17-18H,3-6,10H2,1-2H3. The summed E-state index contributed by atoms with van der Waals surface area (Å²) in [5.41, 5.74) is 0.906. The minimum Gasteiger partial charge on any atom is -0.394 e. The minimum absolute atomic E-state index is 0.0218. The Morgan fingerprint density at radius 3 is 2.61 bits per heavy atom. The highest BCUT2D eigenvalue weighted by atomic mass is 19.1. The summed E-state index contributed by atoms with van der Waals surface area (Å²) < 4.78 is 13.7. The molecule has 0 amide bonds. The van der Waals surface area contributed by atoms with Crippen LogP contribution in [0.25, 0.3) is 0 Å². The normalized spacial score (nSPS) is 20.0. The molecule has 3 heteroatoms. The number of aryl methyl sites for hydroxylation is 1. The number of hydrogen-bond donors (Lipinski definition) is 2. The third kappa shape index (κ3) is 2.73. The molecule has 0 bridgehead atoms. The van der Waals surface area contributed by atoms with Crippen LogP contribution in [0.15, 0.2) is 18.2 Å². The van der Waals surface area contributed by atoms with E-state index in [2.05, 4.69) is 5.32 Å². The van der Waals surface area contributed by atoms with Gasteiger partial charge in [0.2, 0.25) is 0 Å². The van der Waals surface area contributed by atoms with E-state index < -0.39 is 5.54 Å².